The number of halogens is 2. The van der Waals surface area contributed by atoms with Gasteiger partial charge in [0.25, 0.3) is 5.91 Å². The number of carbonyl (C=O) groups is 1. The average molecular weight is 321 g/mol. The Morgan fingerprint density at radius 2 is 2.41 bits per heavy atom. The van der Waals surface area contributed by atoms with Crippen LogP contribution in [0.4, 0.5) is 0 Å². The van der Waals surface area contributed by atoms with E-state index in [1.807, 2.05) is 4.90 Å². The first-order chi connectivity index (χ1) is 8.22. The van der Waals surface area contributed by atoms with Gasteiger partial charge in [0.15, 0.2) is 11.0 Å². The highest BCUT2D eigenvalue weighted by atomic mass is 79.9. The van der Waals surface area contributed by atoms with Crippen LogP contribution in [-0.4, -0.2) is 28.7 Å². The molecule has 94 valence electrons. The van der Waals surface area contributed by atoms with Gasteiger partial charge in [-0.3, -0.25) is 4.79 Å². The lowest BCUT2D eigenvalue weighted by Crippen LogP contribution is -2.35. The first-order valence-electron chi connectivity index (χ1n) is 5.84. The van der Waals surface area contributed by atoms with E-state index < -0.39 is 0 Å². The topological polar surface area (TPSA) is 33.5 Å². The molecule has 5 heteroatoms. The molecular weight excluding hydrogens is 305 g/mol. The minimum Gasteiger partial charge on any atom is -0.440 e. The van der Waals surface area contributed by atoms with Crippen molar-refractivity contribution in [1.29, 1.82) is 0 Å². The van der Waals surface area contributed by atoms with Crippen molar-refractivity contribution >= 4 is 33.4 Å². The molecule has 0 spiro atoms. The summed E-state index contributed by atoms with van der Waals surface area (Å²) in [6, 6.07) is 3.60. The standard InChI is InChI=1S/C12H15BrClNO2/c13-7-1-3-9-4-2-8-15(9)12(16)10-5-6-11(14)17-10/h5-6,9H,1-4,7-8H2. The largest absolute Gasteiger partial charge is 0.440 e. The average Bonchev–Trinajstić information content (AvgIpc) is 2.94. The predicted molar refractivity (Wildman–Crippen MR) is 70.8 cm³/mol. The van der Waals surface area contributed by atoms with Gasteiger partial charge in [-0.1, -0.05) is 15.9 Å². The zero-order valence-corrected chi connectivity index (χ0v) is 11.8. The van der Waals surface area contributed by atoms with Crippen LogP contribution in [0.5, 0.6) is 0 Å². The summed E-state index contributed by atoms with van der Waals surface area (Å²) in [5.74, 6) is 0.315. The zero-order chi connectivity index (χ0) is 12.3. The smallest absolute Gasteiger partial charge is 0.289 e. The number of alkyl halides is 1. The molecule has 1 unspecified atom stereocenters. The SMILES string of the molecule is O=C(c1ccc(Cl)o1)N1CCCC1CCCBr. The molecule has 1 fully saturated rings. The number of furan rings is 1. The minimum atomic E-state index is -0.0334. The lowest BCUT2D eigenvalue weighted by molar-refractivity contribution is 0.0698. The molecule has 3 nitrogen and oxygen atoms in total. The van der Waals surface area contributed by atoms with Crippen LogP contribution in [0.25, 0.3) is 0 Å². The first kappa shape index (κ1) is 13.0. The summed E-state index contributed by atoms with van der Waals surface area (Å²) in [7, 11) is 0. The Balaban J connectivity index is 2.03. The maximum Gasteiger partial charge on any atom is 0.289 e. The normalized spacial score (nSPS) is 19.9. The van der Waals surface area contributed by atoms with E-state index in [0.29, 0.717) is 11.8 Å². The van der Waals surface area contributed by atoms with Crippen molar-refractivity contribution in [3.8, 4) is 0 Å². The van der Waals surface area contributed by atoms with Crippen molar-refractivity contribution in [1.82, 2.24) is 4.90 Å². The van der Waals surface area contributed by atoms with Crippen molar-refractivity contribution in [2.75, 3.05) is 11.9 Å². The summed E-state index contributed by atoms with van der Waals surface area (Å²) < 4.78 is 5.18. The Hall–Kier alpha value is -0.480. The van der Waals surface area contributed by atoms with Crippen molar-refractivity contribution in [3.05, 3.63) is 23.1 Å². The summed E-state index contributed by atoms with van der Waals surface area (Å²) in [4.78, 5) is 14.1. The number of hydrogen-bond donors (Lipinski definition) is 0. The van der Waals surface area contributed by atoms with Crippen molar-refractivity contribution in [3.63, 3.8) is 0 Å². The number of hydrogen-bond acceptors (Lipinski definition) is 2. The zero-order valence-electron chi connectivity index (χ0n) is 9.49. The van der Waals surface area contributed by atoms with E-state index in [2.05, 4.69) is 15.9 Å². The van der Waals surface area contributed by atoms with Crippen LogP contribution in [0.3, 0.4) is 0 Å². The van der Waals surface area contributed by atoms with Crippen LogP contribution < -0.4 is 0 Å². The van der Waals surface area contributed by atoms with Gasteiger partial charge in [0, 0.05) is 17.9 Å². The molecule has 0 saturated carbocycles. The van der Waals surface area contributed by atoms with Crippen LogP contribution in [0.15, 0.2) is 16.5 Å². The van der Waals surface area contributed by atoms with Crippen molar-refractivity contribution in [2.45, 2.75) is 31.7 Å². The van der Waals surface area contributed by atoms with Crippen molar-refractivity contribution < 1.29 is 9.21 Å². The van der Waals surface area contributed by atoms with Gasteiger partial charge in [0.2, 0.25) is 0 Å². The molecule has 2 heterocycles. The third kappa shape index (κ3) is 3.05. The fraction of sp³-hybridized carbons (Fsp3) is 0.583. The predicted octanol–water partition coefficient (Wildman–Crippen LogP) is 3.71. The van der Waals surface area contributed by atoms with Crippen molar-refractivity contribution in [2.24, 2.45) is 0 Å². The van der Waals surface area contributed by atoms with Gasteiger partial charge in [0.1, 0.15) is 0 Å². The van der Waals surface area contributed by atoms with Crippen LogP contribution >= 0.6 is 27.5 Å². The van der Waals surface area contributed by atoms with Gasteiger partial charge >= 0.3 is 0 Å². The van der Waals surface area contributed by atoms with Crippen LogP contribution in [0.1, 0.15) is 36.2 Å². The van der Waals surface area contributed by atoms with Crippen LogP contribution in [-0.2, 0) is 0 Å². The van der Waals surface area contributed by atoms with Gasteiger partial charge in [0.05, 0.1) is 0 Å². The minimum absolute atomic E-state index is 0.0334. The molecule has 0 aromatic carbocycles. The summed E-state index contributed by atoms with van der Waals surface area (Å²) in [6.45, 7) is 0.824. The van der Waals surface area contributed by atoms with Gasteiger partial charge in [-0.05, 0) is 49.4 Å². The Morgan fingerprint density at radius 1 is 1.59 bits per heavy atom. The lowest BCUT2D eigenvalue weighted by Gasteiger charge is -2.23. The first-order valence-corrected chi connectivity index (χ1v) is 7.34. The second-order valence-corrected chi connectivity index (χ2v) is 5.40. The van der Waals surface area contributed by atoms with Gasteiger partial charge in [-0.25, -0.2) is 0 Å². The second kappa shape index (κ2) is 5.91. The summed E-state index contributed by atoms with van der Waals surface area (Å²) in [5.41, 5.74) is 0. The van der Waals surface area contributed by atoms with Gasteiger partial charge in [-0.2, -0.15) is 0 Å². The third-order valence-corrected chi connectivity index (χ3v) is 3.86. The fourth-order valence-corrected chi connectivity index (χ4v) is 2.76. The Bertz CT molecular complexity index is 394. The van der Waals surface area contributed by atoms with E-state index in [9.17, 15) is 4.79 Å². The monoisotopic (exact) mass is 319 g/mol. The molecule has 0 radical (unpaired) electrons. The molecule has 0 aliphatic carbocycles. The van der Waals surface area contributed by atoms with E-state index in [1.54, 1.807) is 12.1 Å². The highest BCUT2D eigenvalue weighted by Crippen LogP contribution is 2.25. The summed E-state index contributed by atoms with van der Waals surface area (Å²) >= 11 is 9.11. The molecule has 2 rings (SSSR count). The molecule has 1 aliphatic rings. The van der Waals surface area contributed by atoms with Gasteiger partial charge in [-0.15, -0.1) is 0 Å². The molecule has 0 N–H and O–H groups in total. The Kier molecular flexibility index (Phi) is 4.51. The molecule has 1 amide bonds. The van der Waals surface area contributed by atoms with E-state index >= 15 is 0 Å². The number of amides is 1. The molecule has 1 aromatic heterocycles. The van der Waals surface area contributed by atoms with E-state index in [0.717, 1.165) is 37.6 Å². The Labute approximate surface area is 114 Å². The quantitative estimate of drug-likeness (QED) is 0.792. The van der Waals surface area contributed by atoms with Crippen LogP contribution in [0.2, 0.25) is 5.22 Å². The second-order valence-electron chi connectivity index (χ2n) is 4.23. The molecule has 1 aromatic rings. The summed E-state index contributed by atoms with van der Waals surface area (Å²) in [5, 5.41) is 1.25. The van der Waals surface area contributed by atoms with E-state index in [-0.39, 0.29) is 11.1 Å². The highest BCUT2D eigenvalue weighted by Gasteiger charge is 2.30. The summed E-state index contributed by atoms with van der Waals surface area (Å²) in [6.07, 6.45) is 4.30. The number of nitrogens with zero attached hydrogens (tertiary/aromatic N) is 1. The fourth-order valence-electron chi connectivity index (χ4n) is 2.29. The molecular formula is C12H15BrClNO2. The number of carbonyl (C=O) groups excluding carboxylic acids is 1. The Morgan fingerprint density at radius 3 is 3.06 bits per heavy atom. The molecule has 1 aliphatic heterocycles. The lowest BCUT2D eigenvalue weighted by atomic mass is 10.1. The molecule has 1 atom stereocenters. The van der Waals surface area contributed by atoms with Gasteiger partial charge < -0.3 is 9.32 Å². The maximum atomic E-state index is 12.2. The number of likely N-dealkylation sites (tertiary alicyclic amines) is 1. The third-order valence-electron chi connectivity index (χ3n) is 3.09. The highest BCUT2D eigenvalue weighted by molar-refractivity contribution is 9.09. The number of rotatable bonds is 4. The van der Waals surface area contributed by atoms with Crippen LogP contribution in [0, 0.1) is 0 Å². The van der Waals surface area contributed by atoms with E-state index in [4.69, 9.17) is 16.0 Å². The molecule has 1 saturated heterocycles. The molecule has 0 bridgehead atoms. The maximum absolute atomic E-state index is 12.2. The molecule has 17 heavy (non-hydrogen) atoms. The van der Waals surface area contributed by atoms with E-state index in [1.165, 1.54) is 0 Å².